The van der Waals surface area contributed by atoms with E-state index in [1.807, 2.05) is 55.6 Å². The van der Waals surface area contributed by atoms with E-state index in [0.29, 0.717) is 17.1 Å². The van der Waals surface area contributed by atoms with Crippen LogP contribution < -0.4 is 4.31 Å². The van der Waals surface area contributed by atoms with Crippen molar-refractivity contribution in [3.05, 3.63) is 113 Å². The summed E-state index contributed by atoms with van der Waals surface area (Å²) in [5.74, 6) is 0.486. The summed E-state index contributed by atoms with van der Waals surface area (Å²) >= 11 is 0. The smallest absolute Gasteiger partial charge is 0.265 e. The average Bonchev–Trinajstić information content (AvgIpc) is 3.29. The van der Waals surface area contributed by atoms with Crippen molar-refractivity contribution in [2.24, 2.45) is 0 Å². The largest absolute Gasteiger partial charge is 0.280 e. The minimum atomic E-state index is -3.76. The summed E-state index contributed by atoms with van der Waals surface area (Å²) in [6.07, 6.45) is 11.2. The van der Waals surface area contributed by atoms with Crippen molar-refractivity contribution in [2.45, 2.75) is 49.0 Å². The van der Waals surface area contributed by atoms with Gasteiger partial charge in [0, 0.05) is 41.5 Å². The lowest BCUT2D eigenvalue weighted by molar-refractivity contribution is 0.413. The highest BCUT2D eigenvalue weighted by Gasteiger charge is 2.41. The number of aryl methyl sites for hydroxylation is 1. The van der Waals surface area contributed by atoms with Crippen LogP contribution in [-0.4, -0.2) is 29.6 Å². The molecule has 0 amide bonds. The lowest BCUT2D eigenvalue weighted by Crippen LogP contribution is -2.45. The van der Waals surface area contributed by atoms with Gasteiger partial charge in [-0.3, -0.25) is 10.1 Å². The van der Waals surface area contributed by atoms with Crippen molar-refractivity contribution in [3.8, 4) is 0 Å². The number of rotatable bonds is 6. The second-order valence-electron chi connectivity index (χ2n) is 9.73. The zero-order valence-electron chi connectivity index (χ0n) is 20.1. The molecule has 1 saturated carbocycles. The van der Waals surface area contributed by atoms with Crippen LogP contribution in [0.4, 0.5) is 5.82 Å². The van der Waals surface area contributed by atoms with Gasteiger partial charge in [-0.15, -0.1) is 0 Å². The number of aromatic amines is 1. The number of hydrogen-bond donors (Lipinski definition) is 1. The molecule has 1 N–H and O–H groups in total. The number of hydrogen-bond acceptors (Lipinski definition) is 4. The zero-order chi connectivity index (χ0) is 24.8. The molecule has 0 spiro atoms. The van der Waals surface area contributed by atoms with E-state index in [9.17, 15) is 8.42 Å². The average molecular weight is 497 g/mol. The number of nitrogens with one attached hydrogen (secondary N) is 1. The maximum Gasteiger partial charge on any atom is 0.265 e. The first-order valence-corrected chi connectivity index (χ1v) is 13.8. The first-order valence-electron chi connectivity index (χ1n) is 12.3. The van der Waals surface area contributed by atoms with Gasteiger partial charge in [0.1, 0.15) is 0 Å². The Morgan fingerprint density at radius 3 is 2.39 bits per heavy atom. The number of pyridine rings is 1. The molecule has 2 aliphatic carbocycles. The number of H-pyrrole nitrogens is 1. The van der Waals surface area contributed by atoms with Gasteiger partial charge in [-0.1, -0.05) is 66.2 Å². The second-order valence-corrected chi connectivity index (χ2v) is 11.5. The lowest BCUT2D eigenvalue weighted by atomic mass is 9.69. The molecule has 7 heteroatoms. The maximum atomic E-state index is 13.9. The maximum absolute atomic E-state index is 13.9. The topological polar surface area (TPSA) is 79.0 Å². The normalized spacial score (nSPS) is 19.5. The second kappa shape index (κ2) is 8.75. The Morgan fingerprint density at radius 2 is 1.72 bits per heavy atom. The molecular weight excluding hydrogens is 468 g/mol. The summed E-state index contributed by atoms with van der Waals surface area (Å²) in [6, 6.07) is 21.4. The van der Waals surface area contributed by atoms with E-state index >= 15 is 0 Å². The van der Waals surface area contributed by atoms with E-state index in [-0.39, 0.29) is 6.04 Å². The molecule has 182 valence electrons. The molecule has 0 aliphatic heterocycles. The first kappa shape index (κ1) is 22.7. The number of sulfonamides is 1. The fraction of sp³-hybridized carbons (Fsp3) is 0.241. The van der Waals surface area contributed by atoms with E-state index in [1.165, 1.54) is 0 Å². The van der Waals surface area contributed by atoms with E-state index < -0.39 is 15.4 Å². The zero-order valence-corrected chi connectivity index (χ0v) is 20.9. The molecule has 2 aromatic heterocycles. The Balaban J connectivity index is 1.46. The van der Waals surface area contributed by atoms with E-state index in [2.05, 4.69) is 39.5 Å². The Labute approximate surface area is 211 Å². The van der Waals surface area contributed by atoms with Crippen molar-refractivity contribution in [3.63, 3.8) is 0 Å². The highest BCUT2D eigenvalue weighted by molar-refractivity contribution is 7.92. The summed E-state index contributed by atoms with van der Waals surface area (Å²) in [5.41, 5.74) is 4.59. The van der Waals surface area contributed by atoms with Crippen molar-refractivity contribution >= 4 is 21.9 Å². The van der Waals surface area contributed by atoms with Gasteiger partial charge in [-0.2, -0.15) is 5.10 Å². The molecule has 0 saturated heterocycles. The van der Waals surface area contributed by atoms with Crippen LogP contribution in [0.3, 0.4) is 0 Å². The van der Waals surface area contributed by atoms with Gasteiger partial charge in [0.05, 0.1) is 4.90 Å². The van der Waals surface area contributed by atoms with Crippen LogP contribution >= 0.6 is 0 Å². The van der Waals surface area contributed by atoms with Crippen LogP contribution in [0.5, 0.6) is 0 Å². The first-order chi connectivity index (χ1) is 17.5. The standard InChI is InChI=1S/C29H28N4O2S/c1-21-12-14-25(15-13-21)36(34,35)33(24-10-5-11-24)28-26-16-17-29(19-27(26)31-32-28,22-7-3-2-4-8-22)23-9-6-18-30-20-23/h2-4,6-9,12-18,20,24H,5,10-11,19H2,1H3,(H,31,32). The van der Waals surface area contributed by atoms with Crippen LogP contribution in [0.1, 0.15) is 47.2 Å². The predicted octanol–water partition coefficient (Wildman–Crippen LogP) is 5.42. The van der Waals surface area contributed by atoms with Crippen LogP contribution in [0.25, 0.3) is 6.08 Å². The molecule has 6 rings (SSSR count). The monoisotopic (exact) mass is 496 g/mol. The van der Waals surface area contributed by atoms with Crippen LogP contribution in [0, 0.1) is 6.92 Å². The summed E-state index contributed by atoms with van der Waals surface area (Å²) in [5, 5.41) is 7.83. The molecule has 2 aliphatic rings. The van der Waals surface area contributed by atoms with E-state index in [1.54, 1.807) is 22.6 Å². The van der Waals surface area contributed by atoms with E-state index in [0.717, 1.165) is 47.2 Å². The molecule has 4 aromatic rings. The van der Waals surface area contributed by atoms with Gasteiger partial charge in [-0.25, -0.2) is 12.7 Å². The number of allylic oxidation sites excluding steroid dienone is 1. The highest BCUT2D eigenvalue weighted by Crippen LogP contribution is 2.44. The van der Waals surface area contributed by atoms with Gasteiger partial charge in [0.15, 0.2) is 5.82 Å². The molecule has 1 fully saturated rings. The predicted molar refractivity (Wildman–Crippen MR) is 141 cm³/mol. The third kappa shape index (κ3) is 3.66. The van der Waals surface area contributed by atoms with Crippen molar-refractivity contribution < 1.29 is 8.42 Å². The summed E-state index contributed by atoms with van der Waals surface area (Å²) in [6.45, 7) is 1.95. The Bertz CT molecular complexity index is 1470. The Morgan fingerprint density at radius 1 is 0.972 bits per heavy atom. The Kier molecular flexibility index (Phi) is 5.52. The molecule has 0 bridgehead atoms. The fourth-order valence-electron chi connectivity index (χ4n) is 5.27. The molecule has 2 aromatic carbocycles. The van der Waals surface area contributed by atoms with Gasteiger partial charge in [0.25, 0.3) is 10.0 Å². The third-order valence-corrected chi connectivity index (χ3v) is 9.37. The number of anilines is 1. The van der Waals surface area contributed by atoms with Gasteiger partial charge in [0.2, 0.25) is 0 Å². The summed E-state index contributed by atoms with van der Waals surface area (Å²) in [4.78, 5) is 4.68. The number of fused-ring (bicyclic) bond motifs is 1. The quantitative estimate of drug-likeness (QED) is 0.387. The molecule has 1 unspecified atom stereocenters. The Hall–Kier alpha value is -3.71. The fourth-order valence-corrected chi connectivity index (χ4v) is 6.95. The number of benzene rings is 2. The molecule has 2 heterocycles. The molecule has 6 nitrogen and oxygen atoms in total. The lowest BCUT2D eigenvalue weighted by Gasteiger charge is -2.38. The van der Waals surface area contributed by atoms with Crippen molar-refractivity contribution in [1.29, 1.82) is 0 Å². The minimum absolute atomic E-state index is 0.0868. The van der Waals surface area contributed by atoms with Crippen LogP contribution in [0.15, 0.2) is 90.1 Å². The number of nitrogens with zero attached hydrogens (tertiary/aromatic N) is 3. The van der Waals surface area contributed by atoms with E-state index in [4.69, 9.17) is 0 Å². The molecular formula is C29H28N4O2S. The van der Waals surface area contributed by atoms with Crippen molar-refractivity contribution in [1.82, 2.24) is 15.2 Å². The van der Waals surface area contributed by atoms with Crippen molar-refractivity contribution in [2.75, 3.05) is 4.31 Å². The number of aromatic nitrogens is 3. The summed E-state index contributed by atoms with van der Waals surface area (Å²) in [7, 11) is -3.76. The van der Waals surface area contributed by atoms with Crippen LogP contribution in [0.2, 0.25) is 0 Å². The van der Waals surface area contributed by atoms with Gasteiger partial charge >= 0.3 is 0 Å². The highest BCUT2D eigenvalue weighted by atomic mass is 32.2. The summed E-state index contributed by atoms with van der Waals surface area (Å²) < 4.78 is 29.3. The molecule has 36 heavy (non-hydrogen) atoms. The van der Waals surface area contributed by atoms with Gasteiger partial charge in [-0.05, 0) is 55.5 Å². The third-order valence-electron chi connectivity index (χ3n) is 7.51. The van der Waals surface area contributed by atoms with Gasteiger partial charge < -0.3 is 0 Å². The molecule has 1 atom stereocenters. The molecule has 0 radical (unpaired) electrons. The minimum Gasteiger partial charge on any atom is -0.280 e. The van der Waals surface area contributed by atoms with Crippen LogP contribution in [-0.2, 0) is 21.9 Å². The SMILES string of the molecule is Cc1ccc(S(=O)(=O)N(c2n[nH]c3c2C=CC(c2ccccc2)(c2cccnc2)C3)C2CCC2)cc1.